The molecule has 1 aromatic heterocycles. The first-order valence-corrected chi connectivity index (χ1v) is 11.3. The van der Waals surface area contributed by atoms with Crippen LogP contribution in [-0.4, -0.2) is 33.6 Å². The zero-order valence-electron chi connectivity index (χ0n) is 17.7. The number of nitrogens with zero attached hydrogens (tertiary/aromatic N) is 4. The summed E-state index contributed by atoms with van der Waals surface area (Å²) >= 11 is 12.6. The van der Waals surface area contributed by atoms with Crippen LogP contribution in [0.3, 0.4) is 0 Å². The number of imidazole rings is 1. The maximum Gasteiger partial charge on any atom is 0.286 e. The number of hydrazine groups is 1. The predicted molar refractivity (Wildman–Crippen MR) is 126 cm³/mol. The van der Waals surface area contributed by atoms with Crippen LogP contribution in [0.1, 0.15) is 41.0 Å². The van der Waals surface area contributed by atoms with Gasteiger partial charge in [0.1, 0.15) is 5.82 Å². The van der Waals surface area contributed by atoms with Gasteiger partial charge >= 0.3 is 0 Å². The number of nitriles is 1. The molecule has 0 saturated carbocycles. The number of carbonyl (C=O) groups excluding carboxylic acids is 1. The van der Waals surface area contributed by atoms with Crippen molar-refractivity contribution in [2.75, 3.05) is 13.1 Å². The molecular weight excluding hydrogens is 445 g/mol. The molecule has 1 fully saturated rings. The molecule has 6 nitrogen and oxygen atoms in total. The van der Waals surface area contributed by atoms with E-state index >= 15 is 0 Å². The van der Waals surface area contributed by atoms with Gasteiger partial charge in [0, 0.05) is 29.4 Å². The van der Waals surface area contributed by atoms with Crippen molar-refractivity contribution >= 4 is 29.1 Å². The number of halogens is 2. The normalized spacial score (nSPS) is 14.2. The van der Waals surface area contributed by atoms with Gasteiger partial charge in [-0.3, -0.25) is 14.8 Å². The number of nitrogens with one attached hydrogen (secondary N) is 1. The van der Waals surface area contributed by atoms with Crippen LogP contribution in [0.25, 0.3) is 17.1 Å². The lowest BCUT2D eigenvalue weighted by Gasteiger charge is -2.26. The molecule has 3 aromatic rings. The molecule has 0 bridgehead atoms. The average Bonchev–Trinajstić information content (AvgIpc) is 3.12. The van der Waals surface area contributed by atoms with Crippen molar-refractivity contribution in [3.8, 4) is 23.1 Å². The Kier molecular flexibility index (Phi) is 6.80. The number of hydrogen-bond acceptors (Lipinski definition) is 4. The van der Waals surface area contributed by atoms with Crippen molar-refractivity contribution < 1.29 is 4.79 Å². The van der Waals surface area contributed by atoms with E-state index in [0.29, 0.717) is 39.2 Å². The molecule has 2 aromatic carbocycles. The molecular formula is C24H23Cl2N5O. The Balaban J connectivity index is 1.79. The van der Waals surface area contributed by atoms with Crippen molar-refractivity contribution in [3.63, 3.8) is 0 Å². The monoisotopic (exact) mass is 467 g/mol. The highest BCUT2D eigenvalue weighted by Crippen LogP contribution is 2.33. The Morgan fingerprint density at radius 2 is 1.84 bits per heavy atom. The fraction of sp³-hybridized carbons (Fsp3) is 0.292. The topological polar surface area (TPSA) is 74.0 Å². The van der Waals surface area contributed by atoms with Gasteiger partial charge in [-0.05, 0) is 55.7 Å². The maximum absolute atomic E-state index is 13.1. The Morgan fingerprint density at radius 1 is 1.12 bits per heavy atom. The van der Waals surface area contributed by atoms with Crippen molar-refractivity contribution in [2.24, 2.45) is 0 Å². The predicted octanol–water partition coefficient (Wildman–Crippen LogP) is 5.35. The Hall–Kier alpha value is -2.85. The number of piperidine rings is 1. The molecule has 0 atom stereocenters. The number of rotatable bonds is 5. The van der Waals surface area contributed by atoms with Gasteiger partial charge in [-0.15, -0.1) is 0 Å². The molecule has 0 radical (unpaired) electrons. The van der Waals surface area contributed by atoms with Crippen LogP contribution in [0.5, 0.6) is 0 Å². The van der Waals surface area contributed by atoms with Gasteiger partial charge in [0.2, 0.25) is 0 Å². The summed E-state index contributed by atoms with van der Waals surface area (Å²) in [6.07, 6.45) is 3.65. The van der Waals surface area contributed by atoms with Crippen molar-refractivity contribution in [1.29, 1.82) is 5.26 Å². The lowest BCUT2D eigenvalue weighted by atomic mass is 10.1. The fourth-order valence-corrected chi connectivity index (χ4v) is 4.43. The first kappa shape index (κ1) is 22.3. The van der Waals surface area contributed by atoms with Crippen molar-refractivity contribution in [3.05, 3.63) is 69.5 Å². The standard InChI is InChI=1S/C24H23Cl2N5O/c1-16-22(24(32)29-30-13-3-2-4-14-30)28-23(20-10-7-18(25)15-21(20)26)31(16)19-8-5-17(6-9-19)11-12-27/h5-10,15H,2-4,11,13-14H2,1H3,(H,29,32). The summed E-state index contributed by atoms with van der Waals surface area (Å²) in [6.45, 7) is 3.54. The Bertz CT molecular complexity index is 1170. The SMILES string of the molecule is Cc1c(C(=O)NN2CCCCC2)nc(-c2ccc(Cl)cc2Cl)n1-c1ccc(CC#N)cc1. The first-order chi connectivity index (χ1) is 15.5. The molecule has 8 heteroatoms. The molecule has 0 aliphatic carbocycles. The van der Waals surface area contributed by atoms with Crippen LogP contribution >= 0.6 is 23.2 Å². The first-order valence-electron chi connectivity index (χ1n) is 10.5. The minimum absolute atomic E-state index is 0.240. The Morgan fingerprint density at radius 3 is 2.50 bits per heavy atom. The highest BCUT2D eigenvalue weighted by atomic mass is 35.5. The van der Waals surface area contributed by atoms with E-state index < -0.39 is 0 Å². The van der Waals surface area contributed by atoms with Crippen molar-refractivity contribution in [2.45, 2.75) is 32.6 Å². The summed E-state index contributed by atoms with van der Waals surface area (Å²) in [5.74, 6) is 0.316. The van der Waals surface area contributed by atoms with Gasteiger partial charge in [0.15, 0.2) is 5.69 Å². The quantitative estimate of drug-likeness (QED) is 0.548. The smallest absolute Gasteiger partial charge is 0.286 e. The highest BCUT2D eigenvalue weighted by Gasteiger charge is 2.24. The van der Waals surface area contributed by atoms with Gasteiger partial charge in [0.05, 0.1) is 23.2 Å². The molecule has 164 valence electrons. The van der Waals surface area contributed by atoms with Crippen LogP contribution in [0, 0.1) is 18.3 Å². The second kappa shape index (κ2) is 9.74. The van der Waals surface area contributed by atoms with Gasteiger partial charge < -0.3 is 0 Å². The lowest BCUT2D eigenvalue weighted by molar-refractivity contribution is 0.0744. The average molecular weight is 468 g/mol. The minimum Gasteiger partial charge on any atom is -0.296 e. The summed E-state index contributed by atoms with van der Waals surface area (Å²) in [6, 6.07) is 15.0. The van der Waals surface area contributed by atoms with Crippen LogP contribution < -0.4 is 5.43 Å². The maximum atomic E-state index is 13.1. The molecule has 4 rings (SSSR count). The number of hydrogen-bond donors (Lipinski definition) is 1. The van der Waals surface area contributed by atoms with Gasteiger partial charge in [0.25, 0.3) is 5.91 Å². The van der Waals surface area contributed by atoms with Crippen LogP contribution in [0.4, 0.5) is 0 Å². The number of aromatic nitrogens is 2. The van der Waals surface area contributed by atoms with Crippen molar-refractivity contribution in [1.82, 2.24) is 20.0 Å². The van der Waals surface area contributed by atoms with E-state index in [2.05, 4.69) is 11.5 Å². The minimum atomic E-state index is -0.240. The number of amides is 1. The molecule has 2 heterocycles. The second-order valence-electron chi connectivity index (χ2n) is 7.82. The third-order valence-electron chi connectivity index (χ3n) is 5.59. The molecule has 0 unspecified atom stereocenters. The van der Waals surface area contributed by atoms with E-state index in [1.165, 1.54) is 6.42 Å². The number of carbonyl (C=O) groups is 1. The van der Waals surface area contributed by atoms with Crippen LogP contribution in [-0.2, 0) is 6.42 Å². The summed E-state index contributed by atoms with van der Waals surface area (Å²) < 4.78 is 1.91. The third kappa shape index (κ3) is 4.66. The number of benzene rings is 2. The van der Waals surface area contributed by atoms with E-state index in [1.54, 1.807) is 18.2 Å². The van der Waals surface area contributed by atoms with Gasteiger partial charge in [-0.25, -0.2) is 9.99 Å². The molecule has 1 amide bonds. The third-order valence-corrected chi connectivity index (χ3v) is 6.14. The molecule has 1 aliphatic rings. The lowest BCUT2D eigenvalue weighted by Crippen LogP contribution is -2.45. The molecule has 32 heavy (non-hydrogen) atoms. The largest absolute Gasteiger partial charge is 0.296 e. The second-order valence-corrected chi connectivity index (χ2v) is 8.66. The molecule has 1 saturated heterocycles. The summed E-state index contributed by atoms with van der Waals surface area (Å²) in [5, 5.41) is 11.9. The summed E-state index contributed by atoms with van der Waals surface area (Å²) in [7, 11) is 0. The van der Waals surface area contributed by atoms with Crippen LogP contribution in [0.15, 0.2) is 42.5 Å². The van der Waals surface area contributed by atoms with Crippen LogP contribution in [0.2, 0.25) is 10.0 Å². The molecule has 1 aliphatic heterocycles. The summed E-state index contributed by atoms with van der Waals surface area (Å²) in [4.78, 5) is 17.8. The zero-order chi connectivity index (χ0) is 22.7. The summed E-state index contributed by atoms with van der Waals surface area (Å²) in [5.41, 5.74) is 6.47. The zero-order valence-corrected chi connectivity index (χ0v) is 19.2. The van der Waals surface area contributed by atoms with Gasteiger partial charge in [-0.2, -0.15) is 5.26 Å². The van der Waals surface area contributed by atoms with E-state index in [9.17, 15) is 4.79 Å². The fourth-order valence-electron chi connectivity index (χ4n) is 3.94. The molecule has 1 N–H and O–H groups in total. The Labute approximate surface area is 197 Å². The van der Waals surface area contributed by atoms with E-state index in [4.69, 9.17) is 33.4 Å². The van der Waals surface area contributed by atoms with E-state index in [-0.39, 0.29) is 5.91 Å². The van der Waals surface area contributed by atoms with E-state index in [0.717, 1.165) is 37.2 Å². The van der Waals surface area contributed by atoms with Gasteiger partial charge in [-0.1, -0.05) is 41.8 Å². The van der Waals surface area contributed by atoms with E-state index in [1.807, 2.05) is 40.8 Å². The molecule has 0 spiro atoms. The highest BCUT2D eigenvalue weighted by molar-refractivity contribution is 6.36.